The van der Waals surface area contributed by atoms with Gasteiger partial charge in [0.05, 0.1) is 5.41 Å². The Balaban J connectivity index is 1.92. The lowest BCUT2D eigenvalue weighted by Gasteiger charge is -2.34. The summed E-state index contributed by atoms with van der Waals surface area (Å²) >= 11 is 0. The van der Waals surface area contributed by atoms with Crippen LogP contribution in [0.1, 0.15) is 32.6 Å². The average Bonchev–Trinajstić information content (AvgIpc) is 2.99. The molecule has 0 atom stereocenters. The molecule has 3 heteroatoms. The number of aliphatic carboxylic acids is 1. The van der Waals surface area contributed by atoms with Crippen LogP contribution in [0.25, 0.3) is 0 Å². The molecule has 0 aromatic carbocycles. The van der Waals surface area contributed by atoms with E-state index in [1.165, 1.54) is 0 Å². The van der Waals surface area contributed by atoms with E-state index in [0.717, 1.165) is 45.3 Å². The SMILES string of the molecule is CCN1CCC(C2(C(=O)O)CC2)CC1. The zero-order valence-corrected chi connectivity index (χ0v) is 8.83. The minimum atomic E-state index is -0.549. The standard InChI is InChI=1S/C11H19NO2/c1-2-12-7-3-9(4-8-12)11(5-6-11)10(13)14/h9H,2-8H2,1H3,(H,13,14). The molecule has 0 aromatic heterocycles. The highest BCUT2D eigenvalue weighted by Crippen LogP contribution is 2.55. The molecule has 1 heterocycles. The summed E-state index contributed by atoms with van der Waals surface area (Å²) in [5.41, 5.74) is -0.306. The summed E-state index contributed by atoms with van der Waals surface area (Å²) in [4.78, 5) is 13.5. The van der Waals surface area contributed by atoms with Gasteiger partial charge in [0.1, 0.15) is 0 Å². The van der Waals surface area contributed by atoms with E-state index in [1.807, 2.05) is 0 Å². The summed E-state index contributed by atoms with van der Waals surface area (Å²) in [6.07, 6.45) is 4.00. The van der Waals surface area contributed by atoms with Crippen molar-refractivity contribution in [1.82, 2.24) is 4.90 Å². The van der Waals surface area contributed by atoms with E-state index in [1.54, 1.807) is 0 Å². The van der Waals surface area contributed by atoms with E-state index >= 15 is 0 Å². The summed E-state index contributed by atoms with van der Waals surface area (Å²) in [6.45, 7) is 5.46. The van der Waals surface area contributed by atoms with Crippen LogP contribution >= 0.6 is 0 Å². The maximum Gasteiger partial charge on any atom is 0.309 e. The van der Waals surface area contributed by atoms with Gasteiger partial charge in [-0.3, -0.25) is 4.79 Å². The third-order valence-electron chi connectivity index (χ3n) is 4.03. The first-order valence-corrected chi connectivity index (χ1v) is 5.65. The van der Waals surface area contributed by atoms with Crippen LogP contribution in [-0.2, 0) is 4.79 Å². The maximum atomic E-state index is 11.1. The van der Waals surface area contributed by atoms with Gasteiger partial charge in [0, 0.05) is 0 Å². The van der Waals surface area contributed by atoms with Crippen molar-refractivity contribution in [3.8, 4) is 0 Å². The molecule has 14 heavy (non-hydrogen) atoms. The predicted molar refractivity (Wildman–Crippen MR) is 54.1 cm³/mol. The molecule has 0 aromatic rings. The number of carboxylic acid groups (broad SMARTS) is 1. The number of hydrogen-bond acceptors (Lipinski definition) is 2. The van der Waals surface area contributed by atoms with Gasteiger partial charge in [-0.2, -0.15) is 0 Å². The number of piperidine rings is 1. The Labute approximate surface area is 85.1 Å². The van der Waals surface area contributed by atoms with E-state index in [9.17, 15) is 4.79 Å². The van der Waals surface area contributed by atoms with E-state index in [0.29, 0.717) is 5.92 Å². The molecule has 0 bridgehead atoms. The number of carbonyl (C=O) groups is 1. The van der Waals surface area contributed by atoms with Crippen LogP contribution in [0.2, 0.25) is 0 Å². The molecule has 2 aliphatic rings. The van der Waals surface area contributed by atoms with Crippen LogP contribution < -0.4 is 0 Å². The molecule has 3 nitrogen and oxygen atoms in total. The van der Waals surface area contributed by atoms with Gasteiger partial charge in [0.25, 0.3) is 0 Å². The van der Waals surface area contributed by atoms with E-state index in [4.69, 9.17) is 5.11 Å². The molecule has 0 amide bonds. The summed E-state index contributed by atoms with van der Waals surface area (Å²) in [5.74, 6) is -0.102. The van der Waals surface area contributed by atoms with Crippen molar-refractivity contribution >= 4 is 5.97 Å². The van der Waals surface area contributed by atoms with Gasteiger partial charge in [0.2, 0.25) is 0 Å². The van der Waals surface area contributed by atoms with Gasteiger partial charge in [-0.1, -0.05) is 6.92 Å². The van der Waals surface area contributed by atoms with Crippen molar-refractivity contribution in [2.75, 3.05) is 19.6 Å². The van der Waals surface area contributed by atoms with Gasteiger partial charge in [0.15, 0.2) is 0 Å². The Kier molecular flexibility index (Phi) is 2.52. The highest BCUT2D eigenvalue weighted by atomic mass is 16.4. The normalized spacial score (nSPS) is 27.5. The van der Waals surface area contributed by atoms with Gasteiger partial charge < -0.3 is 10.0 Å². The lowest BCUT2D eigenvalue weighted by atomic mass is 9.81. The molecule has 80 valence electrons. The molecule has 1 N–H and O–H groups in total. The van der Waals surface area contributed by atoms with E-state index < -0.39 is 5.97 Å². The van der Waals surface area contributed by atoms with E-state index in [-0.39, 0.29) is 5.41 Å². The smallest absolute Gasteiger partial charge is 0.309 e. The Morgan fingerprint density at radius 2 is 2.00 bits per heavy atom. The molecule has 0 spiro atoms. The molecule has 2 fully saturated rings. The third kappa shape index (κ3) is 1.54. The van der Waals surface area contributed by atoms with Crippen molar-refractivity contribution < 1.29 is 9.90 Å². The van der Waals surface area contributed by atoms with Crippen molar-refractivity contribution in [1.29, 1.82) is 0 Å². The largest absolute Gasteiger partial charge is 0.481 e. The fourth-order valence-corrected chi connectivity index (χ4v) is 2.73. The molecule has 2 rings (SSSR count). The monoisotopic (exact) mass is 197 g/mol. The van der Waals surface area contributed by atoms with Gasteiger partial charge in [-0.25, -0.2) is 0 Å². The Hall–Kier alpha value is -0.570. The molecule has 0 radical (unpaired) electrons. The quantitative estimate of drug-likeness (QED) is 0.746. The number of carboxylic acids is 1. The highest BCUT2D eigenvalue weighted by molar-refractivity contribution is 5.78. The first kappa shape index (κ1) is 9.97. The second kappa shape index (κ2) is 3.54. The van der Waals surface area contributed by atoms with Crippen molar-refractivity contribution in [2.24, 2.45) is 11.3 Å². The van der Waals surface area contributed by atoms with Gasteiger partial charge >= 0.3 is 5.97 Å². The highest BCUT2D eigenvalue weighted by Gasteiger charge is 2.55. The minimum absolute atomic E-state index is 0.306. The summed E-state index contributed by atoms with van der Waals surface area (Å²) in [5, 5.41) is 9.17. The maximum absolute atomic E-state index is 11.1. The molecule has 0 unspecified atom stereocenters. The number of nitrogens with zero attached hydrogens (tertiary/aromatic N) is 1. The van der Waals surface area contributed by atoms with E-state index in [2.05, 4.69) is 11.8 Å². The molecular formula is C11H19NO2. The molecule has 1 saturated heterocycles. The lowest BCUT2D eigenvalue weighted by molar-refractivity contribution is -0.146. The summed E-state index contributed by atoms with van der Waals surface area (Å²) in [7, 11) is 0. The fraction of sp³-hybridized carbons (Fsp3) is 0.909. The van der Waals surface area contributed by atoms with Crippen LogP contribution in [0.15, 0.2) is 0 Å². The Morgan fingerprint density at radius 1 is 1.43 bits per heavy atom. The minimum Gasteiger partial charge on any atom is -0.481 e. The zero-order chi connectivity index (χ0) is 10.2. The number of rotatable bonds is 3. The summed E-state index contributed by atoms with van der Waals surface area (Å²) in [6, 6.07) is 0. The first-order valence-electron chi connectivity index (χ1n) is 5.65. The molecular weight excluding hydrogens is 178 g/mol. The number of likely N-dealkylation sites (tertiary alicyclic amines) is 1. The third-order valence-corrected chi connectivity index (χ3v) is 4.03. The van der Waals surface area contributed by atoms with Crippen LogP contribution in [0.4, 0.5) is 0 Å². The molecule has 1 aliphatic carbocycles. The van der Waals surface area contributed by atoms with Crippen molar-refractivity contribution in [2.45, 2.75) is 32.6 Å². The second-order valence-corrected chi connectivity index (χ2v) is 4.67. The Bertz CT molecular complexity index is 227. The van der Waals surface area contributed by atoms with Crippen molar-refractivity contribution in [3.63, 3.8) is 0 Å². The zero-order valence-electron chi connectivity index (χ0n) is 8.83. The second-order valence-electron chi connectivity index (χ2n) is 4.67. The van der Waals surface area contributed by atoms with Gasteiger partial charge in [-0.05, 0) is 51.2 Å². The first-order chi connectivity index (χ1) is 6.69. The van der Waals surface area contributed by atoms with Crippen LogP contribution in [-0.4, -0.2) is 35.6 Å². The lowest BCUT2D eigenvalue weighted by Crippen LogP contribution is -2.38. The van der Waals surface area contributed by atoms with Crippen LogP contribution in [0, 0.1) is 11.3 Å². The average molecular weight is 197 g/mol. The van der Waals surface area contributed by atoms with Crippen LogP contribution in [0.3, 0.4) is 0 Å². The van der Waals surface area contributed by atoms with Gasteiger partial charge in [-0.15, -0.1) is 0 Å². The summed E-state index contributed by atoms with van der Waals surface area (Å²) < 4.78 is 0. The van der Waals surface area contributed by atoms with Crippen molar-refractivity contribution in [3.05, 3.63) is 0 Å². The number of hydrogen-bond donors (Lipinski definition) is 1. The Morgan fingerprint density at radius 3 is 2.36 bits per heavy atom. The topological polar surface area (TPSA) is 40.5 Å². The molecule has 1 saturated carbocycles. The van der Waals surface area contributed by atoms with Crippen LogP contribution in [0.5, 0.6) is 0 Å². The molecule has 1 aliphatic heterocycles. The predicted octanol–water partition coefficient (Wildman–Crippen LogP) is 1.58. The fourth-order valence-electron chi connectivity index (χ4n) is 2.73.